The molecule has 1 aliphatic rings. The van der Waals surface area contributed by atoms with E-state index < -0.39 is 16.1 Å². The number of benzene rings is 1. The molecule has 9 heteroatoms. The van der Waals surface area contributed by atoms with Gasteiger partial charge in [-0.15, -0.1) is 5.10 Å². The molecule has 1 aromatic heterocycles. The van der Waals surface area contributed by atoms with Gasteiger partial charge in [-0.3, -0.25) is 4.57 Å². The fourth-order valence-corrected chi connectivity index (χ4v) is 4.87. The van der Waals surface area contributed by atoms with Crippen molar-refractivity contribution in [2.75, 3.05) is 6.61 Å². The third kappa shape index (κ3) is 5.04. The highest BCUT2D eigenvalue weighted by Crippen LogP contribution is 2.25. The molecule has 1 saturated carbocycles. The summed E-state index contributed by atoms with van der Waals surface area (Å²) in [5, 5.41) is 8.81. The van der Waals surface area contributed by atoms with Crippen LogP contribution in [0.3, 0.4) is 0 Å². The lowest BCUT2D eigenvalue weighted by Crippen LogP contribution is -2.29. The Bertz CT molecular complexity index is 877. The molecule has 1 aliphatic carbocycles. The van der Waals surface area contributed by atoms with Crippen LogP contribution in [0.1, 0.15) is 57.8 Å². The van der Waals surface area contributed by atoms with E-state index in [2.05, 4.69) is 14.9 Å². The van der Waals surface area contributed by atoms with Crippen molar-refractivity contribution in [3.05, 3.63) is 35.1 Å². The number of ether oxygens (including phenoxy) is 1. The van der Waals surface area contributed by atoms with Crippen LogP contribution in [-0.4, -0.2) is 29.8 Å². The third-order valence-corrected chi connectivity index (χ3v) is 6.89. The zero-order valence-electron chi connectivity index (χ0n) is 16.3. The summed E-state index contributed by atoms with van der Waals surface area (Å²) in [5.41, 5.74) is 0. The summed E-state index contributed by atoms with van der Waals surface area (Å²) in [4.78, 5) is 0.153. The maximum Gasteiger partial charge on any atom is 0.316 e. The predicted molar refractivity (Wildman–Crippen MR) is 108 cm³/mol. The number of hydrogen-bond acceptors (Lipinski definition) is 5. The Hall–Kier alpha value is -1.64. The van der Waals surface area contributed by atoms with Gasteiger partial charge >= 0.3 is 6.01 Å². The fourth-order valence-electron chi connectivity index (χ4n) is 3.54. The summed E-state index contributed by atoms with van der Waals surface area (Å²) >= 11 is 5.84. The van der Waals surface area contributed by atoms with Gasteiger partial charge in [-0.2, -0.15) is 0 Å². The number of aromatic nitrogens is 3. The lowest BCUT2D eigenvalue weighted by atomic mass is 9.90. The molecule has 1 N–H and O–H groups in total. The number of hydrogen-bond donors (Lipinski definition) is 1. The van der Waals surface area contributed by atoms with Crippen LogP contribution in [0.2, 0.25) is 5.02 Å². The molecule has 1 aromatic carbocycles. The largest absolute Gasteiger partial charge is 0.463 e. The van der Waals surface area contributed by atoms with E-state index >= 15 is 0 Å². The van der Waals surface area contributed by atoms with Gasteiger partial charge in [0.05, 0.1) is 17.5 Å². The Morgan fingerprint density at radius 1 is 1.21 bits per heavy atom. The van der Waals surface area contributed by atoms with Crippen molar-refractivity contribution in [3.8, 4) is 6.01 Å². The molecular formula is C19H27ClN4O3S. The Balaban J connectivity index is 1.70. The van der Waals surface area contributed by atoms with Crippen LogP contribution in [0.4, 0.5) is 0 Å². The van der Waals surface area contributed by atoms with Crippen LogP contribution >= 0.6 is 11.6 Å². The number of nitrogens with one attached hydrogen (secondary N) is 1. The van der Waals surface area contributed by atoms with Crippen LogP contribution in [0.5, 0.6) is 6.01 Å². The van der Waals surface area contributed by atoms with E-state index in [-0.39, 0.29) is 4.90 Å². The minimum absolute atomic E-state index is 0.153. The SMILES string of the molecule is CCn1c(OCC2CCCCC2)nnc1[C@@H](C)NS(=O)(=O)c1ccc(Cl)cc1. The lowest BCUT2D eigenvalue weighted by Gasteiger charge is -2.21. The van der Waals surface area contributed by atoms with Crippen LogP contribution in [0, 0.1) is 5.92 Å². The van der Waals surface area contributed by atoms with Gasteiger partial charge in [0.15, 0.2) is 5.82 Å². The first-order valence-electron chi connectivity index (χ1n) is 9.74. The van der Waals surface area contributed by atoms with Gasteiger partial charge in [0, 0.05) is 11.6 Å². The van der Waals surface area contributed by atoms with Gasteiger partial charge in [-0.1, -0.05) is 36.0 Å². The summed E-state index contributed by atoms with van der Waals surface area (Å²) < 4.78 is 35.6. The van der Waals surface area contributed by atoms with Crippen molar-refractivity contribution in [2.24, 2.45) is 5.92 Å². The van der Waals surface area contributed by atoms with Crippen LogP contribution in [-0.2, 0) is 16.6 Å². The molecule has 3 rings (SSSR count). The molecule has 1 fully saturated rings. The highest BCUT2D eigenvalue weighted by atomic mass is 35.5. The van der Waals surface area contributed by atoms with E-state index in [0.717, 1.165) is 0 Å². The average Bonchev–Trinajstić information content (AvgIpc) is 3.10. The molecule has 1 atom stereocenters. The van der Waals surface area contributed by atoms with E-state index in [9.17, 15) is 8.42 Å². The van der Waals surface area contributed by atoms with Gasteiger partial charge in [0.1, 0.15) is 0 Å². The van der Waals surface area contributed by atoms with Crippen LogP contribution in [0.15, 0.2) is 29.2 Å². The summed E-state index contributed by atoms with van der Waals surface area (Å²) in [7, 11) is -3.70. The summed E-state index contributed by atoms with van der Waals surface area (Å²) in [5.74, 6) is 1.08. The molecule has 0 unspecified atom stereocenters. The fraction of sp³-hybridized carbons (Fsp3) is 0.579. The minimum Gasteiger partial charge on any atom is -0.463 e. The normalized spacial score (nSPS) is 16.8. The highest BCUT2D eigenvalue weighted by molar-refractivity contribution is 7.89. The van der Waals surface area contributed by atoms with Gasteiger partial charge in [0.2, 0.25) is 10.0 Å². The second-order valence-corrected chi connectivity index (χ2v) is 9.35. The molecular weight excluding hydrogens is 400 g/mol. The van der Waals surface area contributed by atoms with E-state index in [1.807, 2.05) is 11.5 Å². The van der Waals surface area contributed by atoms with Crippen LogP contribution < -0.4 is 9.46 Å². The zero-order valence-corrected chi connectivity index (χ0v) is 17.8. The van der Waals surface area contributed by atoms with Crippen molar-refractivity contribution < 1.29 is 13.2 Å². The molecule has 2 aromatic rings. The Kier molecular flexibility index (Phi) is 6.95. The first-order chi connectivity index (χ1) is 13.4. The highest BCUT2D eigenvalue weighted by Gasteiger charge is 2.24. The molecule has 7 nitrogen and oxygen atoms in total. The second-order valence-electron chi connectivity index (χ2n) is 7.20. The molecule has 0 aliphatic heterocycles. The molecule has 0 spiro atoms. The van der Waals surface area contributed by atoms with Gasteiger partial charge in [-0.25, -0.2) is 13.1 Å². The molecule has 0 radical (unpaired) electrons. The van der Waals surface area contributed by atoms with Gasteiger partial charge < -0.3 is 4.74 Å². The minimum atomic E-state index is -3.70. The maximum atomic E-state index is 12.6. The molecule has 0 amide bonds. The number of nitrogens with zero attached hydrogens (tertiary/aromatic N) is 3. The topological polar surface area (TPSA) is 86.1 Å². The standard InChI is InChI=1S/C19H27ClN4O3S/c1-3-24-18(21-22-19(24)27-13-15-7-5-4-6-8-15)14(2)23-28(25,26)17-11-9-16(20)10-12-17/h9-12,14-15,23H,3-8,13H2,1-2H3/t14-/m1/s1. The molecule has 28 heavy (non-hydrogen) atoms. The van der Waals surface area contributed by atoms with E-state index in [0.29, 0.717) is 35.9 Å². The van der Waals surface area contributed by atoms with Crippen molar-refractivity contribution in [1.82, 2.24) is 19.5 Å². The first kappa shape index (κ1) is 21.1. The molecule has 0 saturated heterocycles. The summed E-state index contributed by atoms with van der Waals surface area (Å²) in [6, 6.07) is 5.93. The summed E-state index contributed by atoms with van der Waals surface area (Å²) in [6.07, 6.45) is 6.18. The molecule has 0 bridgehead atoms. The number of halogens is 1. The van der Waals surface area contributed by atoms with Crippen molar-refractivity contribution in [3.63, 3.8) is 0 Å². The smallest absolute Gasteiger partial charge is 0.316 e. The number of sulfonamides is 1. The van der Waals surface area contributed by atoms with Gasteiger partial charge in [0.25, 0.3) is 0 Å². The second kappa shape index (κ2) is 9.24. The number of rotatable bonds is 8. The third-order valence-electron chi connectivity index (χ3n) is 5.08. The Labute approximate surface area is 171 Å². The van der Waals surface area contributed by atoms with Crippen LogP contribution in [0.25, 0.3) is 0 Å². The zero-order chi connectivity index (χ0) is 20.1. The lowest BCUT2D eigenvalue weighted by molar-refractivity contribution is 0.189. The quantitative estimate of drug-likeness (QED) is 0.690. The molecule has 1 heterocycles. The van der Waals surface area contributed by atoms with E-state index in [1.165, 1.54) is 44.2 Å². The average molecular weight is 427 g/mol. The van der Waals surface area contributed by atoms with Crippen molar-refractivity contribution >= 4 is 21.6 Å². The first-order valence-corrected chi connectivity index (χ1v) is 11.6. The summed E-state index contributed by atoms with van der Waals surface area (Å²) in [6.45, 7) is 4.92. The predicted octanol–water partition coefficient (Wildman–Crippen LogP) is 3.95. The van der Waals surface area contributed by atoms with E-state index in [1.54, 1.807) is 19.1 Å². The Morgan fingerprint density at radius 3 is 2.54 bits per heavy atom. The van der Waals surface area contributed by atoms with Crippen molar-refractivity contribution in [1.29, 1.82) is 0 Å². The maximum absolute atomic E-state index is 12.6. The van der Waals surface area contributed by atoms with Crippen molar-refractivity contribution in [2.45, 2.75) is 63.4 Å². The Morgan fingerprint density at radius 2 is 1.89 bits per heavy atom. The molecule has 154 valence electrons. The van der Waals surface area contributed by atoms with Gasteiger partial charge in [-0.05, 0) is 56.9 Å². The van der Waals surface area contributed by atoms with E-state index in [4.69, 9.17) is 16.3 Å². The monoisotopic (exact) mass is 426 g/mol.